The first kappa shape index (κ1) is 11.0. The summed E-state index contributed by atoms with van der Waals surface area (Å²) in [7, 11) is 0. The van der Waals surface area contributed by atoms with Gasteiger partial charge in [-0.1, -0.05) is 30.3 Å². The molecule has 0 aromatic heterocycles. The molecule has 4 nitrogen and oxygen atoms in total. The number of carbonyl (C=O) groups is 2. The quantitative estimate of drug-likeness (QED) is 0.692. The van der Waals surface area contributed by atoms with Crippen LogP contribution >= 0.6 is 0 Å². The number of carbonyl (C=O) groups excluding carboxylic acids is 2. The molecule has 1 aromatic carbocycles. The summed E-state index contributed by atoms with van der Waals surface area (Å²) < 4.78 is 0. The molecule has 0 bridgehead atoms. The van der Waals surface area contributed by atoms with Crippen molar-refractivity contribution in [1.29, 1.82) is 0 Å². The zero-order chi connectivity index (χ0) is 11.1. The molecular formula is C11H12N2O2. The van der Waals surface area contributed by atoms with E-state index in [0.29, 0.717) is 0 Å². The zero-order valence-electron chi connectivity index (χ0n) is 8.14. The average molecular weight is 204 g/mol. The van der Waals surface area contributed by atoms with Crippen molar-refractivity contribution in [2.75, 3.05) is 6.54 Å². The number of nitrogens with two attached hydrogens (primary N) is 1. The van der Waals surface area contributed by atoms with Crippen LogP contribution in [0, 0.1) is 0 Å². The van der Waals surface area contributed by atoms with Crippen LogP contribution in [0.4, 0.5) is 0 Å². The Hall–Kier alpha value is -2.10. The third-order valence-electron chi connectivity index (χ3n) is 1.66. The van der Waals surface area contributed by atoms with E-state index in [1.807, 2.05) is 30.3 Å². The minimum atomic E-state index is -0.559. The summed E-state index contributed by atoms with van der Waals surface area (Å²) in [6, 6.07) is 9.39. The fraction of sp³-hybridized carbons (Fsp3) is 0.0909. The first-order valence-electron chi connectivity index (χ1n) is 4.48. The molecule has 0 spiro atoms. The Labute approximate surface area is 87.8 Å². The van der Waals surface area contributed by atoms with E-state index in [0.717, 1.165) is 5.56 Å². The molecule has 1 rings (SSSR count). The third kappa shape index (κ3) is 4.61. The van der Waals surface area contributed by atoms with Gasteiger partial charge in [0.25, 0.3) is 0 Å². The van der Waals surface area contributed by atoms with Crippen LogP contribution in [-0.4, -0.2) is 18.4 Å². The Balaban J connectivity index is 2.44. The minimum absolute atomic E-state index is 0.141. The number of rotatable bonds is 4. The highest BCUT2D eigenvalue weighted by Gasteiger charge is 1.96. The fourth-order valence-electron chi connectivity index (χ4n) is 0.969. The standard InChI is InChI=1S/C11H12N2O2/c12-10(14)8-13-11(15)7-6-9-4-2-1-3-5-9/h1-7H,8H2,(H2,12,14)(H,13,15)/b7-6+. The molecule has 0 aliphatic rings. The van der Waals surface area contributed by atoms with Crippen LogP contribution in [0.25, 0.3) is 6.08 Å². The summed E-state index contributed by atoms with van der Waals surface area (Å²) in [5.41, 5.74) is 5.79. The van der Waals surface area contributed by atoms with E-state index >= 15 is 0 Å². The summed E-state index contributed by atoms with van der Waals surface area (Å²) in [6.45, 7) is -0.141. The maximum absolute atomic E-state index is 11.1. The zero-order valence-corrected chi connectivity index (χ0v) is 8.14. The van der Waals surface area contributed by atoms with Crippen molar-refractivity contribution < 1.29 is 9.59 Å². The molecule has 15 heavy (non-hydrogen) atoms. The van der Waals surface area contributed by atoms with E-state index in [2.05, 4.69) is 5.32 Å². The Bertz CT molecular complexity index is 371. The van der Waals surface area contributed by atoms with E-state index in [4.69, 9.17) is 5.73 Å². The molecule has 0 radical (unpaired) electrons. The van der Waals surface area contributed by atoms with Crippen molar-refractivity contribution in [2.24, 2.45) is 5.73 Å². The van der Waals surface area contributed by atoms with Gasteiger partial charge in [0.1, 0.15) is 0 Å². The smallest absolute Gasteiger partial charge is 0.244 e. The van der Waals surface area contributed by atoms with Gasteiger partial charge in [0.05, 0.1) is 6.54 Å². The van der Waals surface area contributed by atoms with Gasteiger partial charge in [0.2, 0.25) is 11.8 Å². The first-order chi connectivity index (χ1) is 7.18. The van der Waals surface area contributed by atoms with E-state index in [9.17, 15) is 9.59 Å². The number of hydrogen-bond acceptors (Lipinski definition) is 2. The molecule has 0 saturated heterocycles. The highest BCUT2D eigenvalue weighted by Crippen LogP contribution is 2.00. The second kappa shape index (κ2) is 5.59. The van der Waals surface area contributed by atoms with Gasteiger partial charge in [-0.25, -0.2) is 0 Å². The van der Waals surface area contributed by atoms with Gasteiger partial charge in [-0.05, 0) is 11.6 Å². The molecule has 4 heteroatoms. The maximum Gasteiger partial charge on any atom is 0.244 e. The summed E-state index contributed by atoms with van der Waals surface area (Å²) in [5.74, 6) is -0.894. The van der Waals surface area contributed by atoms with Crippen LogP contribution in [0.1, 0.15) is 5.56 Å². The van der Waals surface area contributed by atoms with Crippen LogP contribution in [0.2, 0.25) is 0 Å². The molecule has 0 unspecified atom stereocenters. The minimum Gasteiger partial charge on any atom is -0.368 e. The van der Waals surface area contributed by atoms with Gasteiger partial charge in [0.15, 0.2) is 0 Å². The average Bonchev–Trinajstić information content (AvgIpc) is 2.25. The van der Waals surface area contributed by atoms with Gasteiger partial charge in [-0.15, -0.1) is 0 Å². The highest BCUT2D eigenvalue weighted by molar-refractivity contribution is 5.93. The summed E-state index contributed by atoms with van der Waals surface area (Å²) >= 11 is 0. The van der Waals surface area contributed by atoms with Crippen molar-refractivity contribution in [3.05, 3.63) is 42.0 Å². The monoisotopic (exact) mass is 204 g/mol. The fourth-order valence-corrected chi connectivity index (χ4v) is 0.969. The largest absolute Gasteiger partial charge is 0.368 e. The molecule has 0 saturated carbocycles. The molecule has 0 atom stereocenters. The van der Waals surface area contributed by atoms with Crippen molar-refractivity contribution in [3.8, 4) is 0 Å². The normalized spacial score (nSPS) is 10.1. The highest BCUT2D eigenvalue weighted by atomic mass is 16.2. The van der Waals surface area contributed by atoms with Crippen molar-refractivity contribution in [2.45, 2.75) is 0 Å². The van der Waals surface area contributed by atoms with Gasteiger partial charge < -0.3 is 11.1 Å². The van der Waals surface area contributed by atoms with Gasteiger partial charge in [0, 0.05) is 6.08 Å². The SMILES string of the molecule is NC(=O)CNC(=O)/C=C/c1ccccc1. The molecule has 0 fully saturated rings. The van der Waals surface area contributed by atoms with Crippen molar-refractivity contribution in [1.82, 2.24) is 5.32 Å². The topological polar surface area (TPSA) is 72.2 Å². The van der Waals surface area contributed by atoms with Gasteiger partial charge in [-0.3, -0.25) is 9.59 Å². The lowest BCUT2D eigenvalue weighted by molar-refractivity contribution is -0.122. The van der Waals surface area contributed by atoms with Crippen LogP contribution in [0.5, 0.6) is 0 Å². The molecule has 2 amide bonds. The number of primary amides is 1. The maximum atomic E-state index is 11.1. The van der Waals surface area contributed by atoms with Crippen molar-refractivity contribution >= 4 is 17.9 Å². The second-order valence-electron chi connectivity index (χ2n) is 2.93. The predicted molar refractivity (Wildman–Crippen MR) is 57.7 cm³/mol. The van der Waals surface area contributed by atoms with Crippen LogP contribution in [-0.2, 0) is 9.59 Å². The van der Waals surface area contributed by atoms with Gasteiger partial charge in [-0.2, -0.15) is 0 Å². The van der Waals surface area contributed by atoms with E-state index in [1.165, 1.54) is 6.08 Å². The Kier molecular flexibility index (Phi) is 4.09. The lowest BCUT2D eigenvalue weighted by Crippen LogP contribution is -2.32. The Morgan fingerprint density at radius 2 is 1.93 bits per heavy atom. The summed E-state index contributed by atoms with van der Waals surface area (Å²) in [6.07, 6.45) is 3.02. The molecule has 78 valence electrons. The van der Waals surface area contributed by atoms with Crippen LogP contribution < -0.4 is 11.1 Å². The first-order valence-corrected chi connectivity index (χ1v) is 4.48. The number of nitrogens with one attached hydrogen (secondary N) is 1. The van der Waals surface area contributed by atoms with Gasteiger partial charge >= 0.3 is 0 Å². The molecule has 1 aromatic rings. The third-order valence-corrected chi connectivity index (χ3v) is 1.66. The summed E-state index contributed by atoms with van der Waals surface area (Å²) in [5, 5.41) is 2.35. The molecule has 0 aliphatic carbocycles. The second-order valence-corrected chi connectivity index (χ2v) is 2.93. The predicted octanol–water partition coefficient (Wildman–Crippen LogP) is 0.301. The lowest BCUT2D eigenvalue weighted by atomic mass is 10.2. The Morgan fingerprint density at radius 3 is 2.53 bits per heavy atom. The number of hydrogen-bond donors (Lipinski definition) is 2. The Morgan fingerprint density at radius 1 is 1.27 bits per heavy atom. The van der Waals surface area contributed by atoms with E-state index in [1.54, 1.807) is 6.08 Å². The number of amides is 2. The number of benzene rings is 1. The summed E-state index contributed by atoms with van der Waals surface area (Å²) in [4.78, 5) is 21.5. The lowest BCUT2D eigenvalue weighted by Gasteiger charge is -1.96. The molecule has 0 heterocycles. The molecular weight excluding hydrogens is 192 g/mol. The van der Waals surface area contributed by atoms with Crippen molar-refractivity contribution in [3.63, 3.8) is 0 Å². The van der Waals surface area contributed by atoms with E-state index < -0.39 is 5.91 Å². The van der Waals surface area contributed by atoms with Crippen LogP contribution in [0.3, 0.4) is 0 Å². The van der Waals surface area contributed by atoms with Crippen LogP contribution in [0.15, 0.2) is 36.4 Å². The van der Waals surface area contributed by atoms with E-state index in [-0.39, 0.29) is 12.5 Å². The molecule has 3 N–H and O–H groups in total. The molecule has 0 aliphatic heterocycles.